The van der Waals surface area contributed by atoms with Crippen LogP contribution in [0, 0.1) is 5.41 Å². The maximum Gasteiger partial charge on any atom is 0.0106 e. The average molecular weight is 166 g/mol. The van der Waals surface area contributed by atoms with Gasteiger partial charge in [0.2, 0.25) is 0 Å². The molecule has 0 saturated carbocycles. The van der Waals surface area contributed by atoms with Crippen LogP contribution in [-0.2, 0) is 13.5 Å². The molecule has 0 amide bonds. The van der Waals surface area contributed by atoms with E-state index in [9.17, 15) is 0 Å². The van der Waals surface area contributed by atoms with E-state index in [0.717, 1.165) is 13.0 Å². The Morgan fingerprint density at radius 2 is 2.17 bits per heavy atom. The molecule has 2 nitrogen and oxygen atoms in total. The third kappa shape index (κ3) is 2.38. The minimum atomic E-state index is 0.224. The van der Waals surface area contributed by atoms with Crippen molar-refractivity contribution >= 4 is 0 Å². The molecule has 0 fully saturated rings. The van der Waals surface area contributed by atoms with Crippen LogP contribution in [0.25, 0.3) is 0 Å². The van der Waals surface area contributed by atoms with Crippen molar-refractivity contribution in [3.05, 3.63) is 24.0 Å². The van der Waals surface area contributed by atoms with Gasteiger partial charge in [-0.25, -0.2) is 0 Å². The molecule has 0 aliphatic rings. The molecule has 0 aliphatic heterocycles. The van der Waals surface area contributed by atoms with Gasteiger partial charge in [-0.2, -0.15) is 0 Å². The van der Waals surface area contributed by atoms with Crippen LogP contribution >= 0.6 is 0 Å². The second kappa shape index (κ2) is 3.31. The van der Waals surface area contributed by atoms with E-state index in [1.54, 1.807) is 0 Å². The summed E-state index contributed by atoms with van der Waals surface area (Å²) in [6, 6.07) is 2.15. The van der Waals surface area contributed by atoms with Crippen LogP contribution in [-0.4, -0.2) is 11.1 Å². The molecule has 2 N–H and O–H groups in total. The van der Waals surface area contributed by atoms with E-state index in [-0.39, 0.29) is 5.41 Å². The van der Waals surface area contributed by atoms with Crippen molar-refractivity contribution in [2.75, 3.05) is 6.54 Å². The smallest absolute Gasteiger partial charge is 0.0106 e. The van der Waals surface area contributed by atoms with Gasteiger partial charge in [0.15, 0.2) is 0 Å². The van der Waals surface area contributed by atoms with Crippen molar-refractivity contribution < 1.29 is 0 Å². The SMILES string of the molecule is Cn1ccc(CC(C)(C)CN)c1. The summed E-state index contributed by atoms with van der Waals surface area (Å²) in [5, 5.41) is 0. The van der Waals surface area contributed by atoms with Gasteiger partial charge < -0.3 is 10.3 Å². The molecule has 68 valence electrons. The molecular weight excluding hydrogens is 148 g/mol. The van der Waals surface area contributed by atoms with Crippen LogP contribution in [0.2, 0.25) is 0 Å². The lowest BCUT2D eigenvalue weighted by atomic mass is 9.87. The minimum Gasteiger partial charge on any atom is -0.357 e. The number of aryl methyl sites for hydroxylation is 1. The zero-order chi connectivity index (χ0) is 9.19. The Kier molecular flexibility index (Phi) is 2.58. The molecule has 0 bridgehead atoms. The first-order valence-corrected chi connectivity index (χ1v) is 4.34. The van der Waals surface area contributed by atoms with Crippen LogP contribution in [0.1, 0.15) is 19.4 Å². The van der Waals surface area contributed by atoms with Gasteiger partial charge in [0.1, 0.15) is 0 Å². The predicted molar refractivity (Wildman–Crippen MR) is 52.0 cm³/mol. The van der Waals surface area contributed by atoms with Crippen molar-refractivity contribution in [2.24, 2.45) is 18.2 Å². The molecule has 1 aromatic rings. The Balaban J connectivity index is 2.63. The topological polar surface area (TPSA) is 30.9 Å². The van der Waals surface area contributed by atoms with Crippen LogP contribution < -0.4 is 5.73 Å². The highest BCUT2D eigenvalue weighted by atomic mass is 14.9. The number of nitrogens with zero attached hydrogens (tertiary/aromatic N) is 1. The molecule has 1 aromatic heterocycles. The van der Waals surface area contributed by atoms with E-state index in [1.807, 2.05) is 7.05 Å². The highest BCUT2D eigenvalue weighted by Gasteiger charge is 2.16. The first-order valence-electron chi connectivity index (χ1n) is 4.34. The molecule has 0 radical (unpaired) electrons. The van der Waals surface area contributed by atoms with Crippen LogP contribution in [0.15, 0.2) is 18.5 Å². The molecule has 0 unspecified atom stereocenters. The first-order chi connectivity index (χ1) is 5.53. The molecule has 2 heteroatoms. The summed E-state index contributed by atoms with van der Waals surface area (Å²) in [6.45, 7) is 5.13. The molecule has 0 atom stereocenters. The molecule has 0 saturated heterocycles. The Morgan fingerprint density at radius 3 is 2.58 bits per heavy atom. The summed E-state index contributed by atoms with van der Waals surface area (Å²) in [4.78, 5) is 0. The van der Waals surface area contributed by atoms with Gasteiger partial charge >= 0.3 is 0 Å². The normalized spacial score (nSPS) is 12.0. The van der Waals surface area contributed by atoms with E-state index >= 15 is 0 Å². The molecule has 0 spiro atoms. The number of aromatic nitrogens is 1. The van der Waals surface area contributed by atoms with E-state index in [4.69, 9.17) is 5.73 Å². The molecule has 0 aliphatic carbocycles. The highest BCUT2D eigenvalue weighted by molar-refractivity contribution is 5.11. The van der Waals surface area contributed by atoms with Crippen molar-refractivity contribution in [2.45, 2.75) is 20.3 Å². The summed E-state index contributed by atoms with van der Waals surface area (Å²) in [5.74, 6) is 0. The van der Waals surface area contributed by atoms with Gasteiger partial charge in [-0.1, -0.05) is 13.8 Å². The summed E-state index contributed by atoms with van der Waals surface area (Å²) < 4.78 is 2.07. The highest BCUT2D eigenvalue weighted by Crippen LogP contribution is 2.19. The zero-order valence-electron chi connectivity index (χ0n) is 8.17. The van der Waals surface area contributed by atoms with Crippen molar-refractivity contribution in [3.8, 4) is 0 Å². The average Bonchev–Trinajstić information content (AvgIpc) is 2.35. The maximum atomic E-state index is 5.65. The minimum absolute atomic E-state index is 0.224. The van der Waals surface area contributed by atoms with Crippen LogP contribution in [0.5, 0.6) is 0 Å². The fourth-order valence-electron chi connectivity index (χ4n) is 1.29. The molecule has 12 heavy (non-hydrogen) atoms. The lowest BCUT2D eigenvalue weighted by molar-refractivity contribution is 0.377. The quantitative estimate of drug-likeness (QED) is 0.725. The summed E-state index contributed by atoms with van der Waals surface area (Å²) in [7, 11) is 2.04. The van der Waals surface area contributed by atoms with Crippen LogP contribution in [0.4, 0.5) is 0 Å². The number of hydrogen-bond donors (Lipinski definition) is 1. The van der Waals surface area contributed by atoms with Gasteiger partial charge in [0, 0.05) is 19.4 Å². The summed E-state index contributed by atoms with van der Waals surface area (Å²) in [6.07, 6.45) is 5.28. The lowest BCUT2D eigenvalue weighted by Gasteiger charge is -2.21. The maximum absolute atomic E-state index is 5.65. The van der Waals surface area contributed by atoms with Gasteiger partial charge in [-0.3, -0.25) is 0 Å². The number of rotatable bonds is 3. The molecule has 1 heterocycles. The predicted octanol–water partition coefficient (Wildman–Crippen LogP) is 1.55. The fourth-order valence-corrected chi connectivity index (χ4v) is 1.29. The summed E-state index contributed by atoms with van der Waals surface area (Å²) in [5.41, 5.74) is 7.25. The van der Waals surface area contributed by atoms with Crippen molar-refractivity contribution in [1.82, 2.24) is 4.57 Å². The lowest BCUT2D eigenvalue weighted by Crippen LogP contribution is -2.25. The third-order valence-electron chi connectivity index (χ3n) is 2.13. The van der Waals surface area contributed by atoms with E-state index < -0.39 is 0 Å². The van der Waals surface area contributed by atoms with E-state index in [2.05, 4.69) is 36.9 Å². The second-order valence-electron chi connectivity index (χ2n) is 4.23. The monoisotopic (exact) mass is 166 g/mol. The molecule has 0 aromatic carbocycles. The van der Waals surface area contributed by atoms with Gasteiger partial charge in [-0.15, -0.1) is 0 Å². The number of nitrogens with two attached hydrogens (primary N) is 1. The molecular formula is C10H18N2. The Morgan fingerprint density at radius 1 is 1.50 bits per heavy atom. The zero-order valence-corrected chi connectivity index (χ0v) is 8.17. The largest absolute Gasteiger partial charge is 0.357 e. The van der Waals surface area contributed by atoms with E-state index in [0.29, 0.717) is 0 Å². The van der Waals surface area contributed by atoms with Crippen molar-refractivity contribution in [1.29, 1.82) is 0 Å². The fraction of sp³-hybridized carbons (Fsp3) is 0.600. The Bertz CT molecular complexity index is 248. The number of hydrogen-bond acceptors (Lipinski definition) is 1. The third-order valence-corrected chi connectivity index (χ3v) is 2.13. The first kappa shape index (κ1) is 9.33. The summed E-state index contributed by atoms with van der Waals surface area (Å²) >= 11 is 0. The molecule has 1 rings (SSSR count). The van der Waals surface area contributed by atoms with Crippen molar-refractivity contribution in [3.63, 3.8) is 0 Å². The van der Waals surface area contributed by atoms with Gasteiger partial charge in [0.25, 0.3) is 0 Å². The van der Waals surface area contributed by atoms with Crippen LogP contribution in [0.3, 0.4) is 0 Å². The van der Waals surface area contributed by atoms with Gasteiger partial charge in [0.05, 0.1) is 0 Å². The second-order valence-corrected chi connectivity index (χ2v) is 4.23. The standard InChI is InChI=1S/C10H18N2/c1-10(2,8-11)6-9-4-5-12(3)7-9/h4-5,7H,6,8,11H2,1-3H3. The Labute approximate surface area is 74.4 Å². The van der Waals surface area contributed by atoms with E-state index in [1.165, 1.54) is 5.56 Å². The van der Waals surface area contributed by atoms with Gasteiger partial charge in [-0.05, 0) is 30.0 Å². The Hall–Kier alpha value is -0.760.